The van der Waals surface area contributed by atoms with Gasteiger partial charge in [-0.05, 0) is 44.9 Å². The Morgan fingerprint density at radius 3 is 2.86 bits per heavy atom. The summed E-state index contributed by atoms with van der Waals surface area (Å²) in [6, 6.07) is 5.86. The number of hydrogen-bond acceptors (Lipinski definition) is 5. The van der Waals surface area contributed by atoms with Crippen molar-refractivity contribution < 1.29 is 14.1 Å². The molecule has 148 valence electrons. The number of benzene rings is 1. The molecule has 28 heavy (non-hydrogen) atoms. The van der Waals surface area contributed by atoms with Gasteiger partial charge in [-0.1, -0.05) is 28.9 Å². The Labute approximate surface area is 168 Å². The molecular weight excluding hydrogens is 380 g/mol. The summed E-state index contributed by atoms with van der Waals surface area (Å²) in [5.74, 6) is 0.967. The normalized spacial score (nSPS) is 10.9. The first kappa shape index (κ1) is 19.9. The number of hydrogen-bond donors (Lipinski definition) is 1. The summed E-state index contributed by atoms with van der Waals surface area (Å²) >= 11 is 6.14. The van der Waals surface area contributed by atoms with Crippen molar-refractivity contribution >= 4 is 17.5 Å². The van der Waals surface area contributed by atoms with Crippen LogP contribution in [0, 0.1) is 20.8 Å². The highest BCUT2D eigenvalue weighted by Crippen LogP contribution is 2.23. The van der Waals surface area contributed by atoms with Crippen LogP contribution in [0.25, 0.3) is 0 Å². The first-order chi connectivity index (χ1) is 13.4. The summed E-state index contributed by atoms with van der Waals surface area (Å²) in [5.41, 5.74) is 3.77. The minimum Gasteiger partial charge on any atom is -0.488 e. The predicted molar refractivity (Wildman–Crippen MR) is 106 cm³/mol. The van der Waals surface area contributed by atoms with Crippen LogP contribution in [0.15, 0.2) is 28.9 Å². The first-order valence-electron chi connectivity index (χ1n) is 9.04. The molecule has 8 heteroatoms. The molecule has 0 bridgehead atoms. The average molecular weight is 403 g/mol. The second-order valence-electron chi connectivity index (χ2n) is 6.49. The number of carbonyl (C=O) groups excluding carboxylic acids is 1. The van der Waals surface area contributed by atoms with Gasteiger partial charge in [-0.15, -0.1) is 0 Å². The van der Waals surface area contributed by atoms with Gasteiger partial charge in [-0.25, -0.2) is 0 Å². The number of aromatic nitrogens is 3. The lowest BCUT2D eigenvalue weighted by molar-refractivity contribution is 0.0938. The molecule has 3 rings (SSSR count). The highest BCUT2D eigenvalue weighted by atomic mass is 35.5. The molecule has 0 saturated carbocycles. The van der Waals surface area contributed by atoms with Gasteiger partial charge in [0.05, 0.1) is 29.0 Å². The fourth-order valence-corrected chi connectivity index (χ4v) is 3.06. The molecule has 0 radical (unpaired) electrons. The van der Waals surface area contributed by atoms with Crippen LogP contribution < -0.4 is 10.1 Å². The van der Waals surface area contributed by atoms with E-state index in [-0.39, 0.29) is 24.8 Å². The Morgan fingerprint density at radius 2 is 2.11 bits per heavy atom. The van der Waals surface area contributed by atoms with Crippen LogP contribution >= 0.6 is 11.6 Å². The van der Waals surface area contributed by atoms with Crippen LogP contribution in [0.2, 0.25) is 5.02 Å². The molecule has 1 N–H and O–H groups in total. The van der Waals surface area contributed by atoms with E-state index in [0.29, 0.717) is 22.9 Å². The number of rotatable bonds is 7. The molecule has 0 spiro atoms. The number of carbonyl (C=O) groups is 1. The molecule has 0 aliphatic rings. The minimum atomic E-state index is -0.351. The zero-order valence-corrected chi connectivity index (χ0v) is 17.1. The molecule has 0 unspecified atom stereocenters. The maximum absolute atomic E-state index is 12.7. The molecule has 3 aromatic rings. The number of aryl methyl sites for hydroxylation is 3. The number of nitrogens with one attached hydrogen (secondary N) is 1. The van der Waals surface area contributed by atoms with Crippen LogP contribution in [0.5, 0.6) is 5.75 Å². The molecule has 0 aliphatic carbocycles. The van der Waals surface area contributed by atoms with Crippen molar-refractivity contribution in [1.82, 2.24) is 20.3 Å². The van der Waals surface area contributed by atoms with Gasteiger partial charge in [-0.2, -0.15) is 5.10 Å². The first-order valence-corrected chi connectivity index (χ1v) is 9.42. The number of ether oxygens (including phenoxy) is 1. The number of halogens is 1. The minimum absolute atomic E-state index is 0.191. The van der Waals surface area contributed by atoms with E-state index in [1.165, 1.54) is 0 Å². The molecular formula is C20H23ClN4O3. The van der Waals surface area contributed by atoms with E-state index in [1.807, 2.05) is 39.0 Å². The third-order valence-corrected chi connectivity index (χ3v) is 5.06. The third-order valence-electron chi connectivity index (χ3n) is 4.74. The van der Waals surface area contributed by atoms with Crippen LogP contribution in [-0.2, 0) is 19.7 Å². The Hall–Kier alpha value is -2.80. The zero-order chi connectivity index (χ0) is 20.3. The van der Waals surface area contributed by atoms with Gasteiger partial charge < -0.3 is 14.6 Å². The van der Waals surface area contributed by atoms with E-state index in [9.17, 15) is 4.79 Å². The van der Waals surface area contributed by atoms with Crippen molar-refractivity contribution in [2.75, 3.05) is 0 Å². The Morgan fingerprint density at radius 1 is 1.32 bits per heavy atom. The monoisotopic (exact) mass is 402 g/mol. The van der Waals surface area contributed by atoms with E-state index >= 15 is 0 Å². The summed E-state index contributed by atoms with van der Waals surface area (Å²) in [7, 11) is 0. The van der Waals surface area contributed by atoms with Crippen molar-refractivity contribution in [2.45, 2.75) is 47.4 Å². The predicted octanol–water partition coefficient (Wildman–Crippen LogP) is 3.98. The topological polar surface area (TPSA) is 82.2 Å². The summed E-state index contributed by atoms with van der Waals surface area (Å²) in [6.07, 6.45) is 1.57. The van der Waals surface area contributed by atoms with Gasteiger partial charge in [0.1, 0.15) is 18.1 Å². The van der Waals surface area contributed by atoms with Gasteiger partial charge in [0.2, 0.25) is 0 Å². The molecule has 1 amide bonds. The Balaban J connectivity index is 1.72. The van der Waals surface area contributed by atoms with Gasteiger partial charge in [0.25, 0.3) is 5.91 Å². The second kappa shape index (κ2) is 8.48. The molecule has 0 fully saturated rings. The molecule has 0 saturated heterocycles. The van der Waals surface area contributed by atoms with E-state index in [2.05, 4.69) is 15.6 Å². The van der Waals surface area contributed by atoms with Gasteiger partial charge in [-0.3, -0.25) is 9.48 Å². The maximum Gasteiger partial charge on any atom is 0.274 e. The van der Waals surface area contributed by atoms with Crippen molar-refractivity contribution in [2.24, 2.45) is 0 Å². The summed E-state index contributed by atoms with van der Waals surface area (Å²) in [4.78, 5) is 12.7. The lowest BCUT2D eigenvalue weighted by atomic mass is 10.1. The molecule has 0 aliphatic heterocycles. The van der Waals surface area contributed by atoms with Crippen LogP contribution in [-0.4, -0.2) is 20.8 Å². The molecule has 2 aromatic heterocycles. The largest absolute Gasteiger partial charge is 0.488 e. The highest BCUT2D eigenvalue weighted by Gasteiger charge is 2.21. The lowest BCUT2D eigenvalue weighted by Crippen LogP contribution is -2.26. The molecule has 7 nitrogen and oxygen atoms in total. The van der Waals surface area contributed by atoms with Gasteiger partial charge in [0, 0.05) is 6.54 Å². The van der Waals surface area contributed by atoms with E-state index in [1.54, 1.807) is 17.8 Å². The Kier molecular flexibility index (Phi) is 6.04. The lowest BCUT2D eigenvalue weighted by Gasteiger charge is -2.11. The second-order valence-corrected chi connectivity index (χ2v) is 6.90. The standard InChI is InChI=1S/C20H23ClN4O3/c1-5-25-17(16(21)9-23-25)10-22-20(26)19-15(14(4)28-24-19)11-27-18-8-6-7-12(2)13(18)3/h6-9H,5,10-11H2,1-4H3,(H,22,26). The van der Waals surface area contributed by atoms with E-state index in [0.717, 1.165) is 22.6 Å². The van der Waals surface area contributed by atoms with Crippen molar-refractivity contribution in [1.29, 1.82) is 0 Å². The summed E-state index contributed by atoms with van der Waals surface area (Å²) < 4.78 is 12.9. The number of nitrogens with zero attached hydrogens (tertiary/aromatic N) is 3. The van der Waals surface area contributed by atoms with Crippen molar-refractivity contribution in [3.8, 4) is 5.75 Å². The van der Waals surface area contributed by atoms with E-state index < -0.39 is 0 Å². The smallest absolute Gasteiger partial charge is 0.274 e. The van der Waals surface area contributed by atoms with Crippen molar-refractivity contribution in [3.05, 3.63) is 63.3 Å². The summed E-state index contributed by atoms with van der Waals surface area (Å²) in [6.45, 7) is 8.84. The van der Waals surface area contributed by atoms with Crippen LogP contribution in [0.4, 0.5) is 0 Å². The highest BCUT2D eigenvalue weighted by molar-refractivity contribution is 6.31. The molecule has 0 atom stereocenters. The van der Waals surface area contributed by atoms with E-state index in [4.69, 9.17) is 20.9 Å². The fraction of sp³-hybridized carbons (Fsp3) is 0.350. The molecule has 1 aromatic carbocycles. The Bertz CT molecular complexity index is 993. The number of amides is 1. The molecule has 2 heterocycles. The van der Waals surface area contributed by atoms with Crippen LogP contribution in [0.3, 0.4) is 0 Å². The van der Waals surface area contributed by atoms with Crippen molar-refractivity contribution in [3.63, 3.8) is 0 Å². The van der Waals surface area contributed by atoms with Crippen LogP contribution in [0.1, 0.15) is 45.6 Å². The average Bonchev–Trinajstić information content (AvgIpc) is 3.23. The summed E-state index contributed by atoms with van der Waals surface area (Å²) in [5, 5.41) is 11.4. The SMILES string of the molecule is CCn1ncc(Cl)c1CNC(=O)c1noc(C)c1COc1cccc(C)c1C. The van der Waals surface area contributed by atoms with Gasteiger partial charge in [0.15, 0.2) is 5.69 Å². The van der Waals surface area contributed by atoms with Gasteiger partial charge >= 0.3 is 0 Å². The zero-order valence-electron chi connectivity index (χ0n) is 16.4. The quantitative estimate of drug-likeness (QED) is 0.646. The maximum atomic E-state index is 12.7. The third kappa shape index (κ3) is 4.04. The fourth-order valence-electron chi connectivity index (χ4n) is 2.85.